The summed E-state index contributed by atoms with van der Waals surface area (Å²) in [6.07, 6.45) is -27.3. The number of carbonyl (C=O) groups is 11. The molecule has 0 amide bonds. The van der Waals surface area contributed by atoms with Gasteiger partial charge in [-0.15, -0.1) is 0 Å². The van der Waals surface area contributed by atoms with Gasteiger partial charge in [0.15, 0.2) is 49.2 Å². The Morgan fingerprint density at radius 2 is 0.493 bits per heavy atom. The summed E-state index contributed by atoms with van der Waals surface area (Å²) in [6, 6.07) is 0. The van der Waals surface area contributed by atoms with Crippen molar-refractivity contribution in [2.45, 2.75) is 168 Å². The van der Waals surface area contributed by atoms with Gasteiger partial charge < -0.3 is 75.8 Å². The quantitative estimate of drug-likeness (QED) is 0.114. The maximum Gasteiger partial charge on any atom is 0.305 e. The van der Waals surface area contributed by atoms with Crippen LogP contribution in [0.5, 0.6) is 0 Å². The molecule has 0 spiro atoms. The van der Waals surface area contributed by atoms with Crippen molar-refractivity contribution < 1.29 is 129 Å². The molecule has 0 saturated carbocycles. The molecule has 0 aromatic heterocycles. The monoisotopic (exact) mass is 966 g/mol. The van der Waals surface area contributed by atoms with Crippen LogP contribution in [0.15, 0.2) is 0 Å². The summed E-state index contributed by atoms with van der Waals surface area (Å²) < 4.78 is 90.4. The molecule has 27 nitrogen and oxygen atoms in total. The highest BCUT2D eigenvalue weighted by Crippen LogP contribution is 2.38. The van der Waals surface area contributed by atoms with Crippen molar-refractivity contribution in [2.24, 2.45) is 0 Å². The maximum atomic E-state index is 13.0. The second kappa shape index (κ2) is 25.2. The second-order valence-corrected chi connectivity index (χ2v) is 14.9. The molecule has 3 aliphatic heterocycles. The van der Waals surface area contributed by atoms with Gasteiger partial charge in [0.2, 0.25) is 12.4 Å². The fourth-order valence-electron chi connectivity index (χ4n) is 7.01. The Morgan fingerprint density at radius 1 is 0.269 bits per heavy atom. The molecule has 3 aliphatic rings. The number of rotatable bonds is 18. The third-order valence-electron chi connectivity index (χ3n) is 9.11. The second-order valence-electron chi connectivity index (χ2n) is 14.9. The first-order valence-electron chi connectivity index (χ1n) is 20.3. The number of carbonyl (C=O) groups excluding carboxylic acids is 11. The van der Waals surface area contributed by atoms with Crippen LogP contribution in [-0.4, -0.2) is 178 Å². The van der Waals surface area contributed by atoms with Crippen LogP contribution in [0.2, 0.25) is 0 Å². The predicted octanol–water partition coefficient (Wildman–Crippen LogP) is -1.29. The maximum absolute atomic E-state index is 13.0. The molecule has 0 bridgehead atoms. The molecule has 0 aliphatic carbocycles. The molecule has 67 heavy (non-hydrogen) atoms. The normalized spacial score (nSPS) is 31.2. The van der Waals surface area contributed by atoms with Gasteiger partial charge >= 0.3 is 65.7 Å². The zero-order valence-corrected chi connectivity index (χ0v) is 38.3. The van der Waals surface area contributed by atoms with E-state index in [1.807, 2.05) is 0 Å². The van der Waals surface area contributed by atoms with E-state index in [1.54, 1.807) is 0 Å². The molecule has 15 atom stereocenters. The van der Waals surface area contributed by atoms with Gasteiger partial charge in [-0.3, -0.25) is 52.7 Å². The standard InChI is InChI=1S/C40H54O27/c1-15(41)52-12-26-29(55-18(4)44)32(56-19(5)45)36(60-23(9)49)39(64-26)67-31-28(14-54-17(3)43)65-40(37(61-24(10)50)34(31)58-21(7)47)66-30-27(13-53-16(2)42)63-38(62-25(11)51)35(59-22(8)48)33(30)57-20(6)46/h26-40H,12-14H2,1-11H3/t26-,27-,28-,29-,30-,31-,32+,33+,34+,35-,36-,37-,38-,39+,40+/m1/s1. The summed E-state index contributed by atoms with van der Waals surface area (Å²) in [5, 5.41) is 0. The average molecular weight is 967 g/mol. The fraction of sp³-hybridized carbons (Fsp3) is 0.725. The largest absolute Gasteiger partial charge is 0.463 e. The Labute approximate surface area is 382 Å². The smallest absolute Gasteiger partial charge is 0.305 e. The van der Waals surface area contributed by atoms with Gasteiger partial charge in [0.1, 0.15) is 50.3 Å². The number of ether oxygens (including phenoxy) is 16. The summed E-state index contributed by atoms with van der Waals surface area (Å²) in [4.78, 5) is 137. The van der Waals surface area contributed by atoms with Gasteiger partial charge in [-0.1, -0.05) is 0 Å². The lowest BCUT2D eigenvalue weighted by Crippen LogP contribution is -2.69. The molecular formula is C40H54O27. The zero-order chi connectivity index (χ0) is 50.4. The van der Waals surface area contributed by atoms with Crippen molar-refractivity contribution in [1.29, 1.82) is 0 Å². The number of hydrogen-bond acceptors (Lipinski definition) is 27. The van der Waals surface area contributed by atoms with Gasteiger partial charge in [0, 0.05) is 76.2 Å². The Balaban J connectivity index is 2.31. The molecule has 0 N–H and O–H groups in total. The lowest BCUT2D eigenvalue weighted by Gasteiger charge is -2.50. The van der Waals surface area contributed by atoms with Crippen LogP contribution in [-0.2, 0) is 129 Å². The van der Waals surface area contributed by atoms with Crippen LogP contribution in [0.3, 0.4) is 0 Å². The van der Waals surface area contributed by atoms with Gasteiger partial charge in [0.05, 0.1) is 0 Å². The van der Waals surface area contributed by atoms with Crippen LogP contribution in [0.4, 0.5) is 0 Å². The topological polar surface area (TPSA) is 335 Å². The van der Waals surface area contributed by atoms with E-state index in [-0.39, 0.29) is 0 Å². The first-order valence-corrected chi connectivity index (χ1v) is 20.3. The first kappa shape index (κ1) is 55.3. The van der Waals surface area contributed by atoms with Crippen LogP contribution in [0.25, 0.3) is 0 Å². The molecular weight excluding hydrogens is 912 g/mol. The van der Waals surface area contributed by atoms with E-state index in [0.717, 1.165) is 76.2 Å². The minimum atomic E-state index is -2.06. The van der Waals surface area contributed by atoms with Crippen LogP contribution in [0.1, 0.15) is 76.2 Å². The zero-order valence-electron chi connectivity index (χ0n) is 38.3. The van der Waals surface area contributed by atoms with Crippen molar-refractivity contribution in [3.05, 3.63) is 0 Å². The Bertz CT molecular complexity index is 1850. The summed E-state index contributed by atoms with van der Waals surface area (Å²) in [6.45, 7) is 8.53. The van der Waals surface area contributed by atoms with Gasteiger partial charge in [0.25, 0.3) is 0 Å². The van der Waals surface area contributed by atoms with E-state index in [4.69, 9.17) is 75.8 Å². The third kappa shape index (κ3) is 17.0. The molecule has 27 heteroatoms. The van der Waals surface area contributed by atoms with Crippen molar-refractivity contribution in [2.75, 3.05) is 19.8 Å². The van der Waals surface area contributed by atoms with Crippen molar-refractivity contribution in [1.82, 2.24) is 0 Å². The van der Waals surface area contributed by atoms with E-state index in [9.17, 15) is 52.7 Å². The number of hydrogen-bond donors (Lipinski definition) is 0. The van der Waals surface area contributed by atoms with E-state index >= 15 is 0 Å². The highest BCUT2D eigenvalue weighted by Gasteiger charge is 2.60. The molecule has 376 valence electrons. The summed E-state index contributed by atoms with van der Waals surface area (Å²) in [5.74, 6) is -10.7. The molecule has 0 radical (unpaired) electrons. The average Bonchev–Trinajstić information content (AvgIpc) is 3.17. The van der Waals surface area contributed by atoms with Crippen LogP contribution < -0.4 is 0 Å². The van der Waals surface area contributed by atoms with E-state index in [0.29, 0.717) is 0 Å². The SMILES string of the molecule is CC(=O)OC[C@H]1O[C@@H](O[C@H]2[C@H](OC(C)=O)[C@@H](OC(C)=O)[C@H](O[C@H]3[C@H](OC(C)=O)[C@@H](OC(C)=O)[C@H](OC(C)=O)O[C@@H]3COC(C)=O)O[C@@H]2COC(C)=O)[C@H](OC(C)=O)[C@@H](OC(C)=O)[C@@H]1OC(C)=O. The molecule has 3 fully saturated rings. The lowest BCUT2D eigenvalue weighted by atomic mass is 9.95. The molecule has 0 aromatic rings. The van der Waals surface area contributed by atoms with E-state index in [1.165, 1.54) is 0 Å². The molecule has 0 aromatic carbocycles. The van der Waals surface area contributed by atoms with E-state index in [2.05, 4.69) is 0 Å². The summed E-state index contributed by atoms with van der Waals surface area (Å²) in [7, 11) is 0. The Morgan fingerprint density at radius 3 is 0.776 bits per heavy atom. The number of esters is 11. The Kier molecular flexibility index (Phi) is 20.8. The minimum absolute atomic E-state index is 0.691. The molecule has 3 saturated heterocycles. The van der Waals surface area contributed by atoms with Crippen molar-refractivity contribution in [3.8, 4) is 0 Å². The lowest BCUT2D eigenvalue weighted by molar-refractivity contribution is -0.378. The van der Waals surface area contributed by atoms with Gasteiger partial charge in [-0.05, 0) is 0 Å². The highest BCUT2D eigenvalue weighted by atomic mass is 16.8. The minimum Gasteiger partial charge on any atom is -0.463 e. The highest BCUT2D eigenvalue weighted by molar-refractivity contribution is 5.70. The van der Waals surface area contributed by atoms with Crippen molar-refractivity contribution in [3.63, 3.8) is 0 Å². The molecule has 3 heterocycles. The first-order chi connectivity index (χ1) is 31.3. The van der Waals surface area contributed by atoms with Crippen LogP contribution in [0, 0.1) is 0 Å². The predicted molar refractivity (Wildman–Crippen MR) is 206 cm³/mol. The van der Waals surface area contributed by atoms with Gasteiger partial charge in [-0.2, -0.15) is 0 Å². The van der Waals surface area contributed by atoms with E-state index < -0.39 is 178 Å². The molecule has 3 rings (SSSR count). The van der Waals surface area contributed by atoms with Crippen molar-refractivity contribution >= 4 is 65.7 Å². The Hall–Kier alpha value is -6.03. The fourth-order valence-corrected chi connectivity index (χ4v) is 7.01. The van der Waals surface area contributed by atoms with Gasteiger partial charge in [-0.25, -0.2) is 0 Å². The summed E-state index contributed by atoms with van der Waals surface area (Å²) >= 11 is 0. The summed E-state index contributed by atoms with van der Waals surface area (Å²) in [5.41, 5.74) is 0. The third-order valence-corrected chi connectivity index (χ3v) is 9.11. The molecule has 0 unspecified atom stereocenters. The van der Waals surface area contributed by atoms with Crippen LogP contribution >= 0.6 is 0 Å².